The summed E-state index contributed by atoms with van der Waals surface area (Å²) in [6.45, 7) is 1.82. The van der Waals surface area contributed by atoms with Crippen LogP contribution >= 0.6 is 0 Å². The number of pyridine rings is 1. The topological polar surface area (TPSA) is 65.8 Å². The summed E-state index contributed by atoms with van der Waals surface area (Å²) < 4.78 is 0. The van der Waals surface area contributed by atoms with E-state index in [1.54, 1.807) is 36.5 Å². The molecule has 1 aromatic heterocycles. The first kappa shape index (κ1) is 11.8. The highest BCUT2D eigenvalue weighted by Gasteiger charge is 2.11. The number of carbonyl (C=O) groups is 1. The fourth-order valence-electron chi connectivity index (χ4n) is 1.59. The quantitative estimate of drug-likeness (QED) is 0.872. The van der Waals surface area contributed by atoms with Crippen molar-refractivity contribution in [3.05, 3.63) is 59.4 Å². The molecule has 0 atom stereocenters. The second kappa shape index (κ2) is 5.11. The highest BCUT2D eigenvalue weighted by molar-refractivity contribution is 6.04. The van der Waals surface area contributed by atoms with Crippen molar-refractivity contribution >= 4 is 11.6 Å². The van der Waals surface area contributed by atoms with Gasteiger partial charge in [0.15, 0.2) is 0 Å². The maximum absolute atomic E-state index is 12.0. The van der Waals surface area contributed by atoms with Gasteiger partial charge >= 0.3 is 0 Å². The predicted molar refractivity (Wildman–Crippen MR) is 68.1 cm³/mol. The van der Waals surface area contributed by atoms with Crippen molar-refractivity contribution in [1.82, 2.24) is 4.98 Å². The van der Waals surface area contributed by atoms with Crippen LogP contribution in [0.1, 0.15) is 21.6 Å². The lowest BCUT2D eigenvalue weighted by atomic mass is 10.1. The standard InChI is InChI=1S/C14H11N3O/c1-10-5-4-8-16-13(10)14(18)17-12-7-3-2-6-11(12)9-15/h2-8H,1H3,(H,17,18). The SMILES string of the molecule is Cc1cccnc1C(=O)Nc1ccccc1C#N. The molecular weight excluding hydrogens is 226 g/mol. The Bertz CT molecular complexity index is 629. The maximum atomic E-state index is 12.0. The number of nitriles is 1. The molecule has 2 rings (SSSR count). The van der Waals surface area contributed by atoms with Crippen LogP contribution in [0.2, 0.25) is 0 Å². The maximum Gasteiger partial charge on any atom is 0.274 e. The molecule has 0 aliphatic rings. The summed E-state index contributed by atoms with van der Waals surface area (Å²) in [6, 6.07) is 12.5. The number of nitrogens with zero attached hydrogens (tertiary/aromatic N) is 2. The molecular formula is C14H11N3O. The lowest BCUT2D eigenvalue weighted by Crippen LogP contribution is -2.15. The van der Waals surface area contributed by atoms with Crippen LogP contribution in [0.3, 0.4) is 0 Å². The van der Waals surface area contributed by atoms with Gasteiger partial charge in [0.25, 0.3) is 5.91 Å². The first-order valence-electron chi connectivity index (χ1n) is 5.44. The van der Waals surface area contributed by atoms with Gasteiger partial charge in [-0.3, -0.25) is 9.78 Å². The summed E-state index contributed by atoms with van der Waals surface area (Å²) in [5.41, 5.74) is 2.09. The molecule has 0 unspecified atom stereocenters. The Hall–Kier alpha value is -2.67. The number of nitrogens with one attached hydrogen (secondary N) is 1. The molecule has 0 aliphatic carbocycles. The van der Waals surface area contributed by atoms with Gasteiger partial charge in [-0.2, -0.15) is 5.26 Å². The van der Waals surface area contributed by atoms with E-state index in [0.29, 0.717) is 16.9 Å². The summed E-state index contributed by atoms with van der Waals surface area (Å²) in [7, 11) is 0. The van der Waals surface area contributed by atoms with E-state index in [1.165, 1.54) is 0 Å². The number of amides is 1. The molecule has 1 amide bonds. The molecule has 0 saturated heterocycles. The zero-order valence-electron chi connectivity index (χ0n) is 9.84. The molecule has 0 saturated carbocycles. The van der Waals surface area contributed by atoms with Crippen molar-refractivity contribution in [2.45, 2.75) is 6.92 Å². The Morgan fingerprint density at radius 1 is 1.28 bits per heavy atom. The number of rotatable bonds is 2. The van der Waals surface area contributed by atoms with E-state index in [4.69, 9.17) is 5.26 Å². The summed E-state index contributed by atoms with van der Waals surface area (Å²) in [4.78, 5) is 16.1. The van der Waals surface area contributed by atoms with E-state index in [9.17, 15) is 4.79 Å². The van der Waals surface area contributed by atoms with Crippen molar-refractivity contribution in [1.29, 1.82) is 5.26 Å². The third-order valence-electron chi connectivity index (χ3n) is 2.52. The van der Waals surface area contributed by atoms with E-state index in [0.717, 1.165) is 5.56 Å². The van der Waals surface area contributed by atoms with Crippen LogP contribution in [0.4, 0.5) is 5.69 Å². The predicted octanol–water partition coefficient (Wildman–Crippen LogP) is 2.51. The number of hydrogen-bond donors (Lipinski definition) is 1. The molecule has 0 bridgehead atoms. The van der Waals surface area contributed by atoms with Crippen LogP contribution in [-0.2, 0) is 0 Å². The number of anilines is 1. The fraction of sp³-hybridized carbons (Fsp3) is 0.0714. The molecule has 1 heterocycles. The van der Waals surface area contributed by atoms with Crippen molar-refractivity contribution in [3.8, 4) is 6.07 Å². The van der Waals surface area contributed by atoms with Gasteiger partial charge in [0.2, 0.25) is 0 Å². The van der Waals surface area contributed by atoms with Crippen LogP contribution in [0.15, 0.2) is 42.6 Å². The molecule has 0 radical (unpaired) electrons. The molecule has 88 valence electrons. The Kier molecular flexibility index (Phi) is 3.35. The van der Waals surface area contributed by atoms with Gasteiger partial charge in [0.1, 0.15) is 11.8 Å². The van der Waals surface area contributed by atoms with Crippen LogP contribution < -0.4 is 5.32 Å². The minimum Gasteiger partial charge on any atom is -0.319 e. The third kappa shape index (κ3) is 2.36. The van der Waals surface area contributed by atoms with Crippen molar-refractivity contribution in [3.63, 3.8) is 0 Å². The van der Waals surface area contributed by atoms with E-state index in [2.05, 4.69) is 10.3 Å². The lowest BCUT2D eigenvalue weighted by molar-refractivity contribution is 0.102. The number of hydrogen-bond acceptors (Lipinski definition) is 3. The zero-order chi connectivity index (χ0) is 13.0. The minimum atomic E-state index is -0.309. The molecule has 4 heteroatoms. The van der Waals surface area contributed by atoms with Gasteiger partial charge < -0.3 is 5.32 Å². The number of carbonyl (C=O) groups excluding carboxylic acids is 1. The monoisotopic (exact) mass is 237 g/mol. The zero-order valence-corrected chi connectivity index (χ0v) is 9.84. The van der Waals surface area contributed by atoms with E-state index < -0.39 is 0 Å². The van der Waals surface area contributed by atoms with Crippen LogP contribution in [-0.4, -0.2) is 10.9 Å². The highest BCUT2D eigenvalue weighted by atomic mass is 16.1. The summed E-state index contributed by atoms with van der Waals surface area (Å²) >= 11 is 0. The Morgan fingerprint density at radius 2 is 2.06 bits per heavy atom. The largest absolute Gasteiger partial charge is 0.319 e. The van der Waals surface area contributed by atoms with Crippen molar-refractivity contribution < 1.29 is 4.79 Å². The minimum absolute atomic E-state index is 0.309. The number of benzene rings is 1. The van der Waals surface area contributed by atoms with E-state index >= 15 is 0 Å². The molecule has 1 N–H and O–H groups in total. The second-order valence-corrected chi connectivity index (χ2v) is 3.78. The molecule has 4 nitrogen and oxygen atoms in total. The van der Waals surface area contributed by atoms with Crippen molar-refractivity contribution in [2.24, 2.45) is 0 Å². The normalized spacial score (nSPS) is 9.56. The van der Waals surface area contributed by atoms with Gasteiger partial charge in [0, 0.05) is 6.20 Å². The third-order valence-corrected chi connectivity index (χ3v) is 2.52. The summed E-state index contributed by atoms with van der Waals surface area (Å²) in [6.07, 6.45) is 1.57. The molecule has 2 aromatic rings. The molecule has 1 aromatic carbocycles. The number of aryl methyl sites for hydroxylation is 1. The van der Waals surface area contributed by atoms with Crippen LogP contribution in [0.25, 0.3) is 0 Å². The van der Waals surface area contributed by atoms with E-state index in [-0.39, 0.29) is 5.91 Å². The fourth-order valence-corrected chi connectivity index (χ4v) is 1.59. The first-order chi connectivity index (χ1) is 8.72. The van der Waals surface area contributed by atoms with Gasteiger partial charge in [-0.05, 0) is 30.7 Å². The highest BCUT2D eigenvalue weighted by Crippen LogP contribution is 2.15. The van der Waals surface area contributed by atoms with Crippen molar-refractivity contribution in [2.75, 3.05) is 5.32 Å². The van der Waals surface area contributed by atoms with Gasteiger partial charge in [-0.25, -0.2) is 0 Å². The number of aromatic nitrogens is 1. The van der Waals surface area contributed by atoms with Gasteiger partial charge in [-0.1, -0.05) is 18.2 Å². The lowest BCUT2D eigenvalue weighted by Gasteiger charge is -2.07. The van der Waals surface area contributed by atoms with Gasteiger partial charge in [-0.15, -0.1) is 0 Å². The number of para-hydroxylation sites is 1. The average molecular weight is 237 g/mol. The molecule has 0 spiro atoms. The molecule has 18 heavy (non-hydrogen) atoms. The Labute approximate surface area is 105 Å². The van der Waals surface area contributed by atoms with Crippen LogP contribution in [0.5, 0.6) is 0 Å². The summed E-state index contributed by atoms with van der Waals surface area (Å²) in [5.74, 6) is -0.309. The van der Waals surface area contributed by atoms with E-state index in [1.807, 2.05) is 19.1 Å². The second-order valence-electron chi connectivity index (χ2n) is 3.78. The first-order valence-corrected chi connectivity index (χ1v) is 5.44. The average Bonchev–Trinajstić information content (AvgIpc) is 2.39. The Morgan fingerprint density at radius 3 is 2.78 bits per heavy atom. The smallest absolute Gasteiger partial charge is 0.274 e. The van der Waals surface area contributed by atoms with Gasteiger partial charge in [0.05, 0.1) is 11.3 Å². The molecule has 0 fully saturated rings. The van der Waals surface area contributed by atoms with Crippen LogP contribution in [0, 0.1) is 18.3 Å². The Balaban J connectivity index is 2.28. The summed E-state index contributed by atoms with van der Waals surface area (Å²) in [5, 5.41) is 11.6. The molecule has 0 aliphatic heterocycles.